The Labute approximate surface area is 176 Å². The van der Waals surface area contributed by atoms with Gasteiger partial charge in [-0.05, 0) is 42.9 Å². The van der Waals surface area contributed by atoms with Crippen LogP contribution in [0.15, 0.2) is 11.6 Å². The van der Waals surface area contributed by atoms with Gasteiger partial charge in [0.15, 0.2) is 0 Å². The summed E-state index contributed by atoms with van der Waals surface area (Å²) in [5.41, 5.74) is 0.246. The average molecular weight is 414 g/mol. The molecule has 5 fully saturated rings. The van der Waals surface area contributed by atoms with Crippen molar-refractivity contribution in [2.75, 3.05) is 7.11 Å². The van der Waals surface area contributed by atoms with E-state index in [1.165, 1.54) is 7.11 Å². The van der Waals surface area contributed by atoms with E-state index in [1.807, 2.05) is 0 Å². The Balaban J connectivity index is 1.49. The Morgan fingerprint density at radius 3 is 2.67 bits per heavy atom. The number of ether oxygens (including phenoxy) is 3. The Morgan fingerprint density at radius 1 is 1.17 bits per heavy atom. The van der Waals surface area contributed by atoms with E-state index in [0.717, 1.165) is 31.3 Å². The van der Waals surface area contributed by atoms with Gasteiger partial charge in [0.25, 0.3) is 0 Å². The highest BCUT2D eigenvalue weighted by atomic mass is 16.6. The second-order valence-corrected chi connectivity index (χ2v) is 10.9. The van der Waals surface area contributed by atoms with Crippen molar-refractivity contribution in [2.24, 2.45) is 34.5 Å². The maximum absolute atomic E-state index is 13.0. The summed E-state index contributed by atoms with van der Waals surface area (Å²) >= 11 is 0. The molecule has 0 N–H and O–H groups in total. The molecule has 0 aromatic rings. The molecule has 0 radical (unpaired) electrons. The summed E-state index contributed by atoms with van der Waals surface area (Å²) in [6, 6.07) is 0. The van der Waals surface area contributed by atoms with Gasteiger partial charge >= 0.3 is 11.9 Å². The number of ketones is 1. The van der Waals surface area contributed by atoms with E-state index in [1.54, 1.807) is 0 Å². The minimum absolute atomic E-state index is 0.0552. The molecule has 162 valence electrons. The Bertz CT molecular complexity index is 892. The molecule has 3 saturated carbocycles. The first-order valence-corrected chi connectivity index (χ1v) is 11.4. The van der Waals surface area contributed by atoms with E-state index in [-0.39, 0.29) is 64.4 Å². The van der Waals surface area contributed by atoms with E-state index in [9.17, 15) is 14.4 Å². The number of carbonyl (C=O) groups excluding carboxylic acids is 3. The second kappa shape index (κ2) is 5.76. The molecule has 2 heterocycles. The molecule has 9 atom stereocenters. The molecule has 2 saturated heterocycles. The molecule has 6 rings (SSSR count). The fourth-order valence-electron chi connectivity index (χ4n) is 8.53. The molecule has 6 unspecified atom stereocenters. The summed E-state index contributed by atoms with van der Waals surface area (Å²) in [5.74, 6) is 0.0844. The number of Topliss-reactive ketones (excluding diaryl/α,β-unsaturated/α-hetero) is 1. The number of hydrogen-bond acceptors (Lipinski definition) is 6. The second-order valence-electron chi connectivity index (χ2n) is 10.9. The zero-order chi connectivity index (χ0) is 21.1. The first-order valence-electron chi connectivity index (χ1n) is 11.4. The van der Waals surface area contributed by atoms with Crippen molar-refractivity contribution in [3.05, 3.63) is 11.6 Å². The van der Waals surface area contributed by atoms with Crippen LogP contribution in [0.1, 0.15) is 58.8 Å². The highest BCUT2D eigenvalue weighted by Crippen LogP contribution is 2.74. The SMILES string of the molecule is COC(=O)[C@@H]1C=C2CC(=O)CC[C@]2(C)C2C3OC3[C@@]3(C)C(CCC34CCC(=O)O4)C21. The van der Waals surface area contributed by atoms with Crippen molar-refractivity contribution in [1.82, 2.24) is 0 Å². The van der Waals surface area contributed by atoms with Crippen molar-refractivity contribution in [1.29, 1.82) is 0 Å². The fraction of sp³-hybridized carbons (Fsp3) is 0.792. The zero-order valence-electron chi connectivity index (χ0n) is 17.9. The highest BCUT2D eigenvalue weighted by Gasteiger charge is 2.79. The van der Waals surface area contributed by atoms with Gasteiger partial charge in [-0.1, -0.05) is 25.5 Å². The summed E-state index contributed by atoms with van der Waals surface area (Å²) in [6.07, 6.45) is 7.04. The Kier molecular flexibility index (Phi) is 3.65. The molecule has 6 heteroatoms. The lowest BCUT2D eigenvalue weighted by atomic mass is 9.45. The van der Waals surface area contributed by atoms with Crippen LogP contribution in [0.4, 0.5) is 0 Å². The number of allylic oxidation sites excluding steroid dienone is 1. The summed E-state index contributed by atoms with van der Waals surface area (Å²) < 4.78 is 17.7. The number of esters is 2. The fourth-order valence-corrected chi connectivity index (χ4v) is 8.53. The van der Waals surface area contributed by atoms with Crippen LogP contribution >= 0.6 is 0 Å². The van der Waals surface area contributed by atoms with Crippen LogP contribution in [0.3, 0.4) is 0 Å². The van der Waals surface area contributed by atoms with Gasteiger partial charge in [0.05, 0.1) is 25.2 Å². The average Bonchev–Trinajstić information content (AvgIpc) is 3.35. The highest BCUT2D eigenvalue weighted by molar-refractivity contribution is 5.84. The van der Waals surface area contributed by atoms with Crippen LogP contribution in [0.25, 0.3) is 0 Å². The lowest BCUT2D eigenvalue weighted by Crippen LogP contribution is -2.61. The van der Waals surface area contributed by atoms with Crippen molar-refractivity contribution in [3.8, 4) is 0 Å². The molecule has 30 heavy (non-hydrogen) atoms. The van der Waals surface area contributed by atoms with Crippen LogP contribution in [0.2, 0.25) is 0 Å². The topological polar surface area (TPSA) is 82.2 Å². The smallest absolute Gasteiger partial charge is 0.312 e. The van der Waals surface area contributed by atoms with Crippen LogP contribution in [-0.4, -0.2) is 42.6 Å². The molecule has 1 spiro atoms. The van der Waals surface area contributed by atoms with Crippen LogP contribution in [0.5, 0.6) is 0 Å². The van der Waals surface area contributed by atoms with E-state index in [4.69, 9.17) is 14.2 Å². The quantitative estimate of drug-likeness (QED) is 0.373. The summed E-state index contributed by atoms with van der Waals surface area (Å²) in [5, 5.41) is 0. The van der Waals surface area contributed by atoms with Crippen molar-refractivity contribution < 1.29 is 28.6 Å². The monoisotopic (exact) mass is 414 g/mol. The number of carbonyl (C=O) groups is 3. The van der Waals surface area contributed by atoms with Gasteiger partial charge in [-0.15, -0.1) is 0 Å². The minimum atomic E-state index is -0.465. The molecule has 0 aromatic carbocycles. The normalized spacial score (nSPS) is 53.2. The number of rotatable bonds is 1. The third kappa shape index (κ3) is 2.07. The minimum Gasteiger partial charge on any atom is -0.469 e. The van der Waals surface area contributed by atoms with Gasteiger partial charge in [-0.2, -0.15) is 0 Å². The van der Waals surface area contributed by atoms with Gasteiger partial charge in [-0.25, -0.2) is 0 Å². The van der Waals surface area contributed by atoms with E-state index in [2.05, 4.69) is 19.9 Å². The van der Waals surface area contributed by atoms with Gasteiger partial charge in [0, 0.05) is 30.6 Å². The number of epoxide rings is 1. The zero-order valence-corrected chi connectivity index (χ0v) is 17.9. The van der Waals surface area contributed by atoms with Crippen molar-refractivity contribution >= 4 is 17.7 Å². The number of hydrogen-bond donors (Lipinski definition) is 0. The lowest BCUT2D eigenvalue weighted by Gasteiger charge is -2.57. The molecule has 0 bridgehead atoms. The summed E-state index contributed by atoms with van der Waals surface area (Å²) in [6.45, 7) is 4.52. The standard InChI is InChI=1S/C24H30O6/c1-22-7-4-13(25)10-12(22)11-14(21(27)28-3)17-15-5-8-24(9-6-16(26)30-24)23(15,2)20-19(29-20)18(17)22/h11,14-15,17-20H,4-10H2,1-3H3/t14-,15?,17?,18?,19?,20?,22+,23-,24?/m1/s1. The van der Waals surface area contributed by atoms with E-state index >= 15 is 0 Å². The molecule has 2 aliphatic heterocycles. The summed E-state index contributed by atoms with van der Waals surface area (Å²) in [7, 11) is 1.45. The third-order valence-electron chi connectivity index (χ3n) is 10.1. The maximum Gasteiger partial charge on any atom is 0.312 e. The van der Waals surface area contributed by atoms with Crippen LogP contribution in [0, 0.1) is 34.5 Å². The largest absolute Gasteiger partial charge is 0.469 e. The molecule has 0 aromatic heterocycles. The molecular formula is C24H30O6. The molecular weight excluding hydrogens is 384 g/mol. The van der Waals surface area contributed by atoms with Crippen molar-refractivity contribution in [3.63, 3.8) is 0 Å². The molecule has 0 amide bonds. The predicted octanol–water partition coefficient (Wildman–Crippen LogP) is 2.98. The maximum atomic E-state index is 13.0. The predicted molar refractivity (Wildman–Crippen MR) is 105 cm³/mol. The third-order valence-corrected chi connectivity index (χ3v) is 10.1. The van der Waals surface area contributed by atoms with Crippen LogP contribution in [-0.2, 0) is 28.6 Å². The first kappa shape index (κ1) is 19.0. The molecule has 4 aliphatic carbocycles. The Morgan fingerprint density at radius 2 is 1.97 bits per heavy atom. The van der Waals surface area contributed by atoms with Gasteiger partial charge in [0.2, 0.25) is 0 Å². The molecule has 6 nitrogen and oxygen atoms in total. The number of fused-ring (bicyclic) bond motifs is 9. The van der Waals surface area contributed by atoms with Crippen LogP contribution < -0.4 is 0 Å². The first-order chi connectivity index (χ1) is 14.2. The van der Waals surface area contributed by atoms with Gasteiger partial charge in [-0.3, -0.25) is 14.4 Å². The van der Waals surface area contributed by atoms with Gasteiger partial charge in [0.1, 0.15) is 11.4 Å². The van der Waals surface area contributed by atoms with Gasteiger partial charge < -0.3 is 14.2 Å². The number of methoxy groups -OCH3 is 1. The van der Waals surface area contributed by atoms with Crippen molar-refractivity contribution in [2.45, 2.75) is 76.6 Å². The van der Waals surface area contributed by atoms with E-state index < -0.39 is 5.60 Å². The Hall–Kier alpha value is -1.69. The lowest BCUT2D eigenvalue weighted by molar-refractivity contribution is -0.170. The molecule has 6 aliphatic rings. The summed E-state index contributed by atoms with van der Waals surface area (Å²) in [4.78, 5) is 37.4. The van der Waals surface area contributed by atoms with E-state index in [0.29, 0.717) is 19.3 Å².